The summed E-state index contributed by atoms with van der Waals surface area (Å²) in [5, 5.41) is 0.424. The molecule has 0 saturated heterocycles. The van der Waals surface area contributed by atoms with Gasteiger partial charge in [-0.05, 0) is 38.1 Å². The van der Waals surface area contributed by atoms with Crippen LogP contribution in [0.15, 0.2) is 47.5 Å². The van der Waals surface area contributed by atoms with E-state index in [9.17, 15) is 9.18 Å². The molecule has 5 heteroatoms. The maximum Gasteiger partial charge on any atom is 0.261 e. The van der Waals surface area contributed by atoms with E-state index in [1.165, 1.54) is 24.5 Å². The summed E-state index contributed by atoms with van der Waals surface area (Å²) in [6.07, 6.45) is 2.11. The fourth-order valence-electron chi connectivity index (χ4n) is 2.54. The topological polar surface area (TPSA) is 47.8 Å². The molecule has 0 amide bonds. The zero-order valence-electron chi connectivity index (χ0n) is 12.5. The highest BCUT2D eigenvalue weighted by Gasteiger charge is 2.12. The minimum atomic E-state index is -0.394. The van der Waals surface area contributed by atoms with Crippen LogP contribution >= 0.6 is 0 Å². The van der Waals surface area contributed by atoms with Gasteiger partial charge in [-0.1, -0.05) is 6.07 Å². The van der Waals surface area contributed by atoms with E-state index in [0.717, 1.165) is 11.4 Å². The van der Waals surface area contributed by atoms with Gasteiger partial charge < -0.3 is 0 Å². The normalized spacial score (nSPS) is 12.5. The molecular weight excluding hydrogens is 281 g/mol. The lowest BCUT2D eigenvalue weighted by Gasteiger charge is -2.15. The van der Waals surface area contributed by atoms with E-state index in [0.29, 0.717) is 17.3 Å². The average Bonchev–Trinajstić information content (AvgIpc) is 2.47. The van der Waals surface area contributed by atoms with E-state index in [1.807, 2.05) is 32.0 Å². The van der Waals surface area contributed by atoms with Crippen molar-refractivity contribution in [2.75, 3.05) is 0 Å². The summed E-state index contributed by atoms with van der Waals surface area (Å²) in [6.45, 7) is 3.88. The molecule has 0 bridgehead atoms. The van der Waals surface area contributed by atoms with Crippen molar-refractivity contribution in [1.29, 1.82) is 0 Å². The van der Waals surface area contributed by atoms with Crippen molar-refractivity contribution in [3.63, 3.8) is 0 Å². The molecule has 0 saturated carbocycles. The van der Waals surface area contributed by atoms with E-state index in [4.69, 9.17) is 0 Å². The first-order valence-electron chi connectivity index (χ1n) is 7.13. The molecule has 1 unspecified atom stereocenters. The largest absolute Gasteiger partial charge is 0.295 e. The maximum absolute atomic E-state index is 13.2. The van der Waals surface area contributed by atoms with Gasteiger partial charge in [0.2, 0.25) is 0 Å². The van der Waals surface area contributed by atoms with E-state index in [2.05, 4.69) is 9.97 Å². The quantitative estimate of drug-likeness (QED) is 0.746. The summed E-state index contributed by atoms with van der Waals surface area (Å²) in [7, 11) is 0. The summed E-state index contributed by atoms with van der Waals surface area (Å²) >= 11 is 0. The first kappa shape index (κ1) is 14.4. The van der Waals surface area contributed by atoms with Crippen LogP contribution < -0.4 is 5.56 Å². The lowest BCUT2D eigenvalue weighted by molar-refractivity contribution is 0.517. The van der Waals surface area contributed by atoms with Crippen LogP contribution in [0.5, 0.6) is 0 Å². The average molecular weight is 297 g/mol. The van der Waals surface area contributed by atoms with Crippen molar-refractivity contribution in [2.45, 2.75) is 26.3 Å². The molecule has 4 nitrogen and oxygen atoms in total. The minimum Gasteiger partial charge on any atom is -0.295 e. The van der Waals surface area contributed by atoms with Crippen LogP contribution in [0.2, 0.25) is 0 Å². The zero-order valence-corrected chi connectivity index (χ0v) is 12.5. The molecule has 0 spiro atoms. The Balaban J connectivity index is 1.97. The van der Waals surface area contributed by atoms with Gasteiger partial charge >= 0.3 is 0 Å². The maximum atomic E-state index is 13.2. The molecule has 3 aromatic rings. The van der Waals surface area contributed by atoms with Crippen molar-refractivity contribution in [3.8, 4) is 0 Å². The Labute approximate surface area is 127 Å². The van der Waals surface area contributed by atoms with Crippen LogP contribution in [0.1, 0.15) is 24.4 Å². The summed E-state index contributed by atoms with van der Waals surface area (Å²) in [4.78, 5) is 21.2. The smallest absolute Gasteiger partial charge is 0.261 e. The Morgan fingerprint density at radius 1 is 1.27 bits per heavy atom. The van der Waals surface area contributed by atoms with Gasteiger partial charge in [0.25, 0.3) is 5.56 Å². The van der Waals surface area contributed by atoms with Crippen LogP contribution in [0, 0.1) is 12.7 Å². The molecule has 0 aliphatic carbocycles. The zero-order chi connectivity index (χ0) is 15.7. The molecule has 22 heavy (non-hydrogen) atoms. The van der Waals surface area contributed by atoms with Crippen LogP contribution in [0.3, 0.4) is 0 Å². The first-order valence-corrected chi connectivity index (χ1v) is 7.13. The highest BCUT2D eigenvalue weighted by molar-refractivity contribution is 5.77. The number of nitrogens with zero attached hydrogens (tertiary/aromatic N) is 3. The Bertz CT molecular complexity index is 888. The van der Waals surface area contributed by atoms with Crippen molar-refractivity contribution >= 4 is 10.9 Å². The molecule has 2 heterocycles. The Hall–Kier alpha value is -2.56. The predicted molar refractivity (Wildman–Crippen MR) is 83.4 cm³/mol. The van der Waals surface area contributed by atoms with Gasteiger partial charge in [-0.25, -0.2) is 9.37 Å². The van der Waals surface area contributed by atoms with Crippen LogP contribution in [-0.2, 0) is 6.42 Å². The number of hydrogen-bond donors (Lipinski definition) is 0. The van der Waals surface area contributed by atoms with Gasteiger partial charge in [-0.3, -0.25) is 14.3 Å². The van der Waals surface area contributed by atoms with Crippen molar-refractivity contribution in [2.24, 2.45) is 0 Å². The fourth-order valence-corrected chi connectivity index (χ4v) is 2.54. The van der Waals surface area contributed by atoms with Gasteiger partial charge in [0, 0.05) is 29.9 Å². The highest BCUT2D eigenvalue weighted by Crippen LogP contribution is 2.14. The number of halogens is 1. The molecule has 1 aromatic carbocycles. The Morgan fingerprint density at radius 2 is 2.09 bits per heavy atom. The van der Waals surface area contributed by atoms with Crippen molar-refractivity contribution < 1.29 is 4.39 Å². The van der Waals surface area contributed by atoms with Gasteiger partial charge in [-0.15, -0.1) is 0 Å². The highest BCUT2D eigenvalue weighted by atomic mass is 19.1. The molecular formula is C17H16FN3O. The molecule has 0 aliphatic rings. The monoisotopic (exact) mass is 297 g/mol. The van der Waals surface area contributed by atoms with Gasteiger partial charge in [-0.2, -0.15) is 0 Å². The van der Waals surface area contributed by atoms with Gasteiger partial charge in [0.05, 0.1) is 17.2 Å². The van der Waals surface area contributed by atoms with Crippen LogP contribution in [0.4, 0.5) is 4.39 Å². The number of aryl methyl sites for hydroxylation is 1. The third-order valence-corrected chi connectivity index (χ3v) is 3.67. The van der Waals surface area contributed by atoms with Crippen molar-refractivity contribution in [1.82, 2.24) is 14.5 Å². The van der Waals surface area contributed by atoms with Crippen LogP contribution in [0.25, 0.3) is 10.9 Å². The number of benzene rings is 1. The SMILES string of the molecule is Cc1cccc(CC(C)n2cnc3cc(F)ccc3c2=O)n1. The summed E-state index contributed by atoms with van der Waals surface area (Å²) < 4.78 is 14.8. The lowest BCUT2D eigenvalue weighted by atomic mass is 10.1. The Kier molecular flexibility index (Phi) is 3.71. The molecule has 0 N–H and O–H groups in total. The molecule has 3 rings (SSSR count). The second kappa shape index (κ2) is 5.67. The third kappa shape index (κ3) is 2.74. The summed E-state index contributed by atoms with van der Waals surface area (Å²) in [6, 6.07) is 9.79. The molecule has 0 radical (unpaired) electrons. The molecule has 0 aliphatic heterocycles. The fraction of sp³-hybridized carbons (Fsp3) is 0.235. The summed E-state index contributed by atoms with van der Waals surface area (Å²) in [5.41, 5.74) is 2.09. The molecule has 112 valence electrons. The number of hydrogen-bond acceptors (Lipinski definition) is 3. The van der Waals surface area contributed by atoms with E-state index in [1.54, 1.807) is 4.57 Å². The van der Waals surface area contributed by atoms with Crippen LogP contribution in [-0.4, -0.2) is 14.5 Å². The molecule has 2 aromatic heterocycles. The van der Waals surface area contributed by atoms with E-state index >= 15 is 0 Å². The summed E-state index contributed by atoms with van der Waals surface area (Å²) in [5.74, 6) is -0.394. The number of fused-ring (bicyclic) bond motifs is 1. The predicted octanol–water partition coefficient (Wildman–Crippen LogP) is 3.04. The second-order valence-electron chi connectivity index (χ2n) is 5.44. The van der Waals surface area contributed by atoms with Gasteiger partial charge in [0.15, 0.2) is 0 Å². The number of aromatic nitrogens is 3. The van der Waals surface area contributed by atoms with Gasteiger partial charge in [0.1, 0.15) is 5.82 Å². The number of rotatable bonds is 3. The minimum absolute atomic E-state index is 0.0799. The van der Waals surface area contributed by atoms with E-state index in [-0.39, 0.29) is 11.6 Å². The second-order valence-corrected chi connectivity index (χ2v) is 5.44. The first-order chi connectivity index (χ1) is 10.5. The molecule has 0 fully saturated rings. The standard InChI is InChI=1S/C17H16FN3O/c1-11-4-3-5-14(20-11)8-12(2)21-10-19-16-9-13(18)6-7-15(16)17(21)22/h3-7,9-10,12H,8H2,1-2H3. The van der Waals surface area contributed by atoms with E-state index < -0.39 is 5.82 Å². The molecule has 1 atom stereocenters. The lowest BCUT2D eigenvalue weighted by Crippen LogP contribution is -2.25. The number of pyridine rings is 1. The third-order valence-electron chi connectivity index (χ3n) is 3.67. The Morgan fingerprint density at radius 3 is 2.86 bits per heavy atom. The van der Waals surface area contributed by atoms with Crippen molar-refractivity contribution in [3.05, 3.63) is 70.3 Å².